The van der Waals surface area contributed by atoms with E-state index < -0.39 is 0 Å². The summed E-state index contributed by atoms with van der Waals surface area (Å²) in [7, 11) is 0. The minimum atomic E-state index is -0.389. The van der Waals surface area contributed by atoms with Crippen molar-refractivity contribution in [3.8, 4) is 5.75 Å². The molecule has 0 aliphatic rings. The van der Waals surface area contributed by atoms with E-state index in [1.54, 1.807) is 42.9 Å². The Morgan fingerprint density at radius 3 is 2.37 bits per heavy atom. The lowest BCUT2D eigenvalue weighted by Crippen LogP contribution is -2.30. The summed E-state index contributed by atoms with van der Waals surface area (Å²) in [6, 6.07) is 10.4. The van der Waals surface area contributed by atoms with E-state index >= 15 is 0 Å². The van der Waals surface area contributed by atoms with Gasteiger partial charge in [-0.1, -0.05) is 52.5 Å². The monoisotopic (exact) mass is 443 g/mol. The molecule has 0 amide bonds. The van der Waals surface area contributed by atoms with Crippen LogP contribution in [0.25, 0.3) is 0 Å². The molecule has 142 valence electrons. The number of benzene rings is 2. The smallest absolute Gasteiger partial charge is 0.139 e. The highest BCUT2D eigenvalue weighted by Crippen LogP contribution is 2.34. The number of ether oxygens (including phenoxy) is 1. The molecule has 0 aliphatic heterocycles. The summed E-state index contributed by atoms with van der Waals surface area (Å²) in [5.41, 5.74) is 0.803. The van der Waals surface area contributed by atoms with Crippen LogP contribution >= 0.6 is 46.4 Å². The van der Waals surface area contributed by atoms with Gasteiger partial charge < -0.3 is 9.30 Å². The first kappa shape index (κ1) is 20.3. The highest BCUT2D eigenvalue weighted by atomic mass is 35.5. The third kappa shape index (κ3) is 5.31. The second-order valence-electron chi connectivity index (χ2n) is 5.94. The SMILES string of the molecule is CC(NCC(Oc1ccc(Cl)cc1Cl)c1ccc(Cl)cc1Cl)n1ccnc1. The van der Waals surface area contributed by atoms with Gasteiger partial charge in [-0.15, -0.1) is 0 Å². The molecule has 2 atom stereocenters. The topological polar surface area (TPSA) is 39.1 Å². The molecular formula is C19H17Cl4N3O. The van der Waals surface area contributed by atoms with E-state index in [9.17, 15) is 0 Å². The molecule has 1 aromatic heterocycles. The molecule has 3 rings (SSSR count). The standard InChI is InChI=1S/C19H17Cl4N3O/c1-12(26-7-6-24-11-26)25-10-19(15-4-2-13(20)8-16(15)22)27-18-5-3-14(21)9-17(18)23/h2-9,11-12,19,25H,10H2,1H3. The van der Waals surface area contributed by atoms with Crippen LogP contribution in [0.3, 0.4) is 0 Å². The minimum Gasteiger partial charge on any atom is -0.483 e. The Kier molecular flexibility index (Phi) is 6.90. The first-order chi connectivity index (χ1) is 12.9. The zero-order valence-electron chi connectivity index (χ0n) is 14.4. The second kappa shape index (κ2) is 9.18. The van der Waals surface area contributed by atoms with Crippen molar-refractivity contribution in [2.24, 2.45) is 0 Å². The minimum absolute atomic E-state index is 0.0189. The molecule has 1 N–H and O–H groups in total. The Bertz CT molecular complexity index is 902. The van der Waals surface area contributed by atoms with Gasteiger partial charge in [-0.2, -0.15) is 0 Å². The summed E-state index contributed by atoms with van der Waals surface area (Å²) >= 11 is 24.7. The van der Waals surface area contributed by atoms with Gasteiger partial charge in [0.2, 0.25) is 0 Å². The van der Waals surface area contributed by atoms with E-state index in [1.165, 1.54) is 0 Å². The zero-order valence-corrected chi connectivity index (χ0v) is 17.4. The predicted octanol–water partition coefficient (Wildman–Crippen LogP) is 6.43. The maximum atomic E-state index is 6.41. The number of aromatic nitrogens is 2. The summed E-state index contributed by atoms with van der Waals surface area (Å²) < 4.78 is 8.12. The molecule has 27 heavy (non-hydrogen) atoms. The van der Waals surface area contributed by atoms with Crippen LogP contribution in [0.1, 0.15) is 24.8 Å². The molecule has 2 unspecified atom stereocenters. The molecule has 0 saturated heterocycles. The lowest BCUT2D eigenvalue weighted by molar-refractivity contribution is 0.191. The van der Waals surface area contributed by atoms with Crippen LogP contribution in [0.2, 0.25) is 20.1 Å². The van der Waals surface area contributed by atoms with Crippen molar-refractivity contribution in [3.05, 3.63) is 80.8 Å². The molecule has 0 fully saturated rings. The van der Waals surface area contributed by atoms with E-state index in [0.29, 0.717) is 32.4 Å². The molecule has 2 aromatic carbocycles. The van der Waals surface area contributed by atoms with E-state index in [-0.39, 0.29) is 12.3 Å². The van der Waals surface area contributed by atoms with E-state index in [0.717, 1.165) is 5.56 Å². The van der Waals surface area contributed by atoms with Crippen LogP contribution in [-0.2, 0) is 0 Å². The molecule has 0 radical (unpaired) electrons. The van der Waals surface area contributed by atoms with Crippen molar-refractivity contribution in [1.82, 2.24) is 14.9 Å². The van der Waals surface area contributed by atoms with Gasteiger partial charge in [0.05, 0.1) is 17.5 Å². The molecule has 1 heterocycles. The Labute approximate surface area is 178 Å². The maximum Gasteiger partial charge on any atom is 0.139 e. The Balaban J connectivity index is 1.83. The summed E-state index contributed by atoms with van der Waals surface area (Å²) in [6.45, 7) is 2.51. The molecule has 0 bridgehead atoms. The van der Waals surface area contributed by atoms with E-state index in [4.69, 9.17) is 51.1 Å². The number of hydrogen-bond donors (Lipinski definition) is 1. The number of rotatable bonds is 7. The van der Waals surface area contributed by atoms with Crippen LogP contribution in [0.15, 0.2) is 55.1 Å². The first-order valence-electron chi connectivity index (χ1n) is 8.21. The number of hydrogen-bond acceptors (Lipinski definition) is 3. The van der Waals surface area contributed by atoms with Crippen molar-refractivity contribution < 1.29 is 4.74 Å². The van der Waals surface area contributed by atoms with Gasteiger partial charge in [0.25, 0.3) is 0 Å². The number of nitrogens with zero attached hydrogens (tertiary/aromatic N) is 2. The third-order valence-corrected chi connectivity index (χ3v) is 5.14. The third-order valence-electron chi connectivity index (χ3n) is 4.04. The normalized spacial score (nSPS) is 13.4. The number of halogens is 4. The summed E-state index contributed by atoms with van der Waals surface area (Å²) in [4.78, 5) is 4.07. The lowest BCUT2D eigenvalue weighted by atomic mass is 10.1. The average molecular weight is 445 g/mol. The van der Waals surface area contributed by atoms with Gasteiger partial charge in [0.15, 0.2) is 0 Å². The van der Waals surface area contributed by atoms with Crippen molar-refractivity contribution in [2.45, 2.75) is 19.2 Å². The van der Waals surface area contributed by atoms with Gasteiger partial charge >= 0.3 is 0 Å². The molecule has 0 aliphatic carbocycles. The Hall–Kier alpha value is -1.43. The molecule has 3 aromatic rings. The van der Waals surface area contributed by atoms with Crippen LogP contribution in [-0.4, -0.2) is 16.1 Å². The number of imidazole rings is 1. The summed E-state index contributed by atoms with van der Waals surface area (Å²) in [5, 5.41) is 5.47. The lowest BCUT2D eigenvalue weighted by Gasteiger charge is -2.24. The van der Waals surface area contributed by atoms with Crippen LogP contribution in [0.4, 0.5) is 0 Å². The van der Waals surface area contributed by atoms with Crippen molar-refractivity contribution in [1.29, 1.82) is 0 Å². The van der Waals surface area contributed by atoms with E-state index in [1.807, 2.05) is 23.8 Å². The van der Waals surface area contributed by atoms with Crippen LogP contribution in [0, 0.1) is 0 Å². The first-order valence-corrected chi connectivity index (χ1v) is 9.72. The van der Waals surface area contributed by atoms with Gasteiger partial charge in [0.1, 0.15) is 11.9 Å². The Morgan fingerprint density at radius 2 is 1.74 bits per heavy atom. The summed E-state index contributed by atoms with van der Waals surface area (Å²) in [6.07, 6.45) is 5.00. The fraction of sp³-hybridized carbons (Fsp3) is 0.211. The summed E-state index contributed by atoms with van der Waals surface area (Å²) in [5.74, 6) is 0.522. The molecule has 8 heteroatoms. The predicted molar refractivity (Wildman–Crippen MR) is 111 cm³/mol. The zero-order chi connectivity index (χ0) is 19.4. The van der Waals surface area contributed by atoms with Crippen LogP contribution < -0.4 is 10.1 Å². The average Bonchev–Trinajstić information content (AvgIpc) is 3.15. The highest BCUT2D eigenvalue weighted by Gasteiger charge is 2.20. The van der Waals surface area contributed by atoms with Gasteiger partial charge in [0, 0.05) is 39.6 Å². The molecule has 0 spiro atoms. The van der Waals surface area contributed by atoms with Gasteiger partial charge in [-0.3, -0.25) is 5.32 Å². The fourth-order valence-corrected chi connectivity index (χ4v) is 3.57. The molecular weight excluding hydrogens is 428 g/mol. The fourth-order valence-electron chi connectivity index (χ4n) is 2.58. The maximum absolute atomic E-state index is 6.41. The van der Waals surface area contributed by atoms with Gasteiger partial charge in [-0.25, -0.2) is 4.98 Å². The van der Waals surface area contributed by atoms with Crippen molar-refractivity contribution >= 4 is 46.4 Å². The van der Waals surface area contributed by atoms with Crippen molar-refractivity contribution in [2.75, 3.05) is 6.54 Å². The van der Waals surface area contributed by atoms with Crippen LogP contribution in [0.5, 0.6) is 5.75 Å². The van der Waals surface area contributed by atoms with Crippen molar-refractivity contribution in [3.63, 3.8) is 0 Å². The highest BCUT2D eigenvalue weighted by molar-refractivity contribution is 6.36. The largest absolute Gasteiger partial charge is 0.483 e. The van der Waals surface area contributed by atoms with Gasteiger partial charge in [-0.05, 0) is 37.3 Å². The quantitative estimate of drug-likeness (QED) is 0.456. The molecule has 0 saturated carbocycles. The Morgan fingerprint density at radius 1 is 1.04 bits per heavy atom. The van der Waals surface area contributed by atoms with E-state index in [2.05, 4.69) is 10.3 Å². The molecule has 4 nitrogen and oxygen atoms in total. The second-order valence-corrected chi connectivity index (χ2v) is 7.63. The number of nitrogens with one attached hydrogen (secondary N) is 1.